The van der Waals surface area contributed by atoms with E-state index in [0.717, 1.165) is 63.9 Å². The van der Waals surface area contributed by atoms with Crippen molar-refractivity contribution in [2.24, 2.45) is 0 Å². The molecule has 0 aliphatic carbocycles. The molecule has 3 aliphatic heterocycles. The maximum absolute atomic E-state index is 13.8. The van der Waals surface area contributed by atoms with Crippen LogP contribution < -0.4 is 5.32 Å². The summed E-state index contributed by atoms with van der Waals surface area (Å²) in [7, 11) is 0. The molecule has 3 aliphatic rings. The minimum absolute atomic E-state index is 0.0183. The molecule has 2 amide bonds. The fraction of sp³-hybridized carbons (Fsp3) is 0.533. The Balaban J connectivity index is 1.22. The third-order valence-electron chi connectivity index (χ3n) is 8.22. The first-order chi connectivity index (χ1) is 17.6. The van der Waals surface area contributed by atoms with E-state index in [2.05, 4.69) is 40.5 Å². The molecule has 6 heteroatoms. The number of unbranched alkanes of at least 4 members (excludes halogenated alkanes) is 1. The van der Waals surface area contributed by atoms with Crippen LogP contribution in [0.4, 0.5) is 0 Å². The first-order valence-electron chi connectivity index (χ1n) is 13.7. The molecule has 3 saturated heterocycles. The van der Waals surface area contributed by atoms with Crippen molar-refractivity contribution in [2.75, 3.05) is 32.8 Å². The molecule has 2 aromatic carbocycles. The number of carbonyl (C=O) groups excluding carboxylic acids is 2. The average molecular weight is 490 g/mol. The van der Waals surface area contributed by atoms with Gasteiger partial charge in [-0.3, -0.25) is 9.59 Å². The number of ether oxygens (including phenoxy) is 1. The molecule has 1 N–H and O–H groups in total. The van der Waals surface area contributed by atoms with Gasteiger partial charge in [-0.05, 0) is 62.6 Å². The van der Waals surface area contributed by atoms with Gasteiger partial charge in [0.15, 0.2) is 0 Å². The van der Waals surface area contributed by atoms with Crippen molar-refractivity contribution in [3.05, 3.63) is 71.8 Å². The predicted octanol–water partition coefficient (Wildman–Crippen LogP) is 3.59. The number of rotatable bonds is 9. The van der Waals surface area contributed by atoms with E-state index in [4.69, 9.17) is 4.74 Å². The topological polar surface area (TPSA) is 61.9 Å². The van der Waals surface area contributed by atoms with Crippen molar-refractivity contribution in [1.82, 2.24) is 15.1 Å². The first-order valence-corrected chi connectivity index (χ1v) is 13.7. The van der Waals surface area contributed by atoms with Crippen LogP contribution in [-0.2, 0) is 27.2 Å². The van der Waals surface area contributed by atoms with Crippen LogP contribution in [0.15, 0.2) is 60.7 Å². The Hall–Kier alpha value is -2.70. The van der Waals surface area contributed by atoms with E-state index in [9.17, 15) is 9.59 Å². The van der Waals surface area contributed by atoms with Crippen molar-refractivity contribution in [3.8, 4) is 0 Å². The van der Waals surface area contributed by atoms with Gasteiger partial charge in [0.25, 0.3) is 0 Å². The molecule has 2 atom stereocenters. The lowest BCUT2D eigenvalue weighted by atomic mass is 9.80. The van der Waals surface area contributed by atoms with Crippen molar-refractivity contribution >= 4 is 11.8 Å². The van der Waals surface area contributed by atoms with Gasteiger partial charge in [-0.1, -0.05) is 60.7 Å². The van der Waals surface area contributed by atoms with Crippen LogP contribution in [0.2, 0.25) is 0 Å². The molecular formula is C30H39N3O3. The van der Waals surface area contributed by atoms with E-state index in [1.165, 1.54) is 5.56 Å². The Morgan fingerprint density at radius 1 is 0.917 bits per heavy atom. The van der Waals surface area contributed by atoms with Crippen LogP contribution >= 0.6 is 0 Å². The molecule has 5 rings (SSSR count). The van der Waals surface area contributed by atoms with Crippen LogP contribution in [0.5, 0.6) is 0 Å². The molecule has 0 aromatic heterocycles. The van der Waals surface area contributed by atoms with E-state index in [1.807, 2.05) is 35.2 Å². The zero-order valence-electron chi connectivity index (χ0n) is 21.2. The van der Waals surface area contributed by atoms with Gasteiger partial charge in [-0.2, -0.15) is 0 Å². The highest BCUT2D eigenvalue weighted by Crippen LogP contribution is 2.35. The predicted molar refractivity (Wildman–Crippen MR) is 141 cm³/mol. The van der Waals surface area contributed by atoms with Gasteiger partial charge >= 0.3 is 0 Å². The normalized spacial score (nSPS) is 24.3. The number of piperidine rings is 1. The molecule has 3 fully saturated rings. The SMILES string of the molecule is O=C1[C@@H](Cc2ccccc2)NC(=O)C2(CCN(CCCCc3ccccc3)CC2)N1C[C@H]1CCCO1. The Kier molecular flexibility index (Phi) is 8.02. The number of benzene rings is 2. The summed E-state index contributed by atoms with van der Waals surface area (Å²) in [5.74, 6) is 0.0648. The van der Waals surface area contributed by atoms with E-state index >= 15 is 0 Å². The Bertz CT molecular complexity index is 999. The number of hydrogen-bond donors (Lipinski definition) is 1. The summed E-state index contributed by atoms with van der Waals surface area (Å²) in [6.45, 7) is 4.00. The van der Waals surface area contributed by atoms with Gasteiger partial charge < -0.3 is 19.9 Å². The summed E-state index contributed by atoms with van der Waals surface area (Å²) in [4.78, 5) is 31.9. The maximum Gasteiger partial charge on any atom is 0.246 e. The number of carbonyl (C=O) groups is 2. The minimum Gasteiger partial charge on any atom is -0.376 e. The molecule has 0 saturated carbocycles. The second-order valence-electron chi connectivity index (χ2n) is 10.6. The number of amides is 2. The fourth-order valence-corrected chi connectivity index (χ4v) is 6.07. The molecule has 3 heterocycles. The van der Waals surface area contributed by atoms with Crippen LogP contribution in [0.1, 0.15) is 49.7 Å². The van der Waals surface area contributed by atoms with E-state index < -0.39 is 11.6 Å². The van der Waals surface area contributed by atoms with Crippen molar-refractivity contribution in [1.29, 1.82) is 0 Å². The van der Waals surface area contributed by atoms with Gasteiger partial charge in [-0.25, -0.2) is 0 Å². The summed E-state index contributed by atoms with van der Waals surface area (Å²) >= 11 is 0. The van der Waals surface area contributed by atoms with Crippen LogP contribution in [0, 0.1) is 0 Å². The smallest absolute Gasteiger partial charge is 0.246 e. The third kappa shape index (κ3) is 5.65. The standard InChI is InChI=1S/C30H39N3O3/c34-28-27(22-25-13-5-2-6-14-25)31-29(35)30(33(28)23-26-15-9-21-36-26)16-19-32(20-17-30)18-8-7-12-24-10-3-1-4-11-24/h1-6,10-11,13-14,26-27H,7-9,12,15-23H2,(H,31,35)/t26-,27-/m1/s1. The lowest BCUT2D eigenvalue weighted by molar-refractivity contribution is -0.163. The highest BCUT2D eigenvalue weighted by Gasteiger charge is 2.54. The Morgan fingerprint density at radius 3 is 2.28 bits per heavy atom. The van der Waals surface area contributed by atoms with Gasteiger partial charge in [0.1, 0.15) is 11.6 Å². The number of nitrogens with one attached hydrogen (secondary N) is 1. The maximum atomic E-state index is 13.8. The number of likely N-dealkylation sites (tertiary alicyclic amines) is 1. The monoisotopic (exact) mass is 489 g/mol. The van der Waals surface area contributed by atoms with Crippen molar-refractivity contribution in [2.45, 2.75) is 69.1 Å². The second-order valence-corrected chi connectivity index (χ2v) is 10.6. The number of hydrogen-bond acceptors (Lipinski definition) is 4. The molecule has 36 heavy (non-hydrogen) atoms. The summed E-state index contributed by atoms with van der Waals surface area (Å²) < 4.78 is 5.91. The Labute approximate surface area is 215 Å². The summed E-state index contributed by atoms with van der Waals surface area (Å²) in [5.41, 5.74) is 1.70. The van der Waals surface area contributed by atoms with E-state index in [-0.39, 0.29) is 17.9 Å². The second kappa shape index (κ2) is 11.6. The molecule has 0 radical (unpaired) electrons. The molecule has 0 bridgehead atoms. The lowest BCUT2D eigenvalue weighted by Crippen LogP contribution is -2.73. The van der Waals surface area contributed by atoms with Crippen LogP contribution in [-0.4, -0.2) is 72.1 Å². The van der Waals surface area contributed by atoms with Crippen LogP contribution in [0.3, 0.4) is 0 Å². The zero-order chi connectivity index (χ0) is 24.8. The summed E-state index contributed by atoms with van der Waals surface area (Å²) in [6.07, 6.45) is 7.33. The third-order valence-corrected chi connectivity index (χ3v) is 8.22. The molecule has 1 spiro atoms. The number of piperazine rings is 1. The van der Waals surface area contributed by atoms with E-state index in [1.54, 1.807) is 0 Å². The molecule has 2 aromatic rings. The van der Waals surface area contributed by atoms with Gasteiger partial charge in [0.2, 0.25) is 11.8 Å². The summed E-state index contributed by atoms with van der Waals surface area (Å²) in [5, 5.41) is 3.13. The van der Waals surface area contributed by atoms with Gasteiger partial charge in [0.05, 0.1) is 6.10 Å². The first kappa shape index (κ1) is 25.0. The number of nitrogens with zero attached hydrogens (tertiary/aromatic N) is 2. The molecule has 6 nitrogen and oxygen atoms in total. The average Bonchev–Trinajstić information content (AvgIpc) is 3.43. The van der Waals surface area contributed by atoms with Crippen molar-refractivity contribution < 1.29 is 14.3 Å². The van der Waals surface area contributed by atoms with E-state index in [0.29, 0.717) is 25.8 Å². The van der Waals surface area contributed by atoms with Gasteiger partial charge in [0, 0.05) is 32.7 Å². The zero-order valence-corrected chi connectivity index (χ0v) is 21.2. The van der Waals surface area contributed by atoms with Crippen molar-refractivity contribution in [3.63, 3.8) is 0 Å². The molecular weight excluding hydrogens is 450 g/mol. The quantitative estimate of drug-likeness (QED) is 0.547. The van der Waals surface area contributed by atoms with Crippen LogP contribution in [0.25, 0.3) is 0 Å². The summed E-state index contributed by atoms with van der Waals surface area (Å²) in [6, 6.07) is 20.1. The minimum atomic E-state index is -0.753. The largest absolute Gasteiger partial charge is 0.376 e. The van der Waals surface area contributed by atoms with Gasteiger partial charge in [-0.15, -0.1) is 0 Å². The molecule has 0 unspecified atom stereocenters. The fourth-order valence-electron chi connectivity index (χ4n) is 6.07. The molecule has 192 valence electrons. The highest BCUT2D eigenvalue weighted by molar-refractivity contribution is 6.00. The number of aryl methyl sites for hydroxylation is 1. The Morgan fingerprint density at radius 2 is 1.61 bits per heavy atom. The highest BCUT2D eigenvalue weighted by atomic mass is 16.5. The lowest BCUT2D eigenvalue weighted by Gasteiger charge is -2.52.